The SMILES string of the molecule is COc1ccc(C2CC(c3cc(OC)c(OC)c(OC)c3)=NO2)cc1C. The smallest absolute Gasteiger partial charge is 0.203 e. The Morgan fingerprint density at radius 1 is 0.885 bits per heavy atom. The van der Waals surface area contributed by atoms with Crippen LogP contribution in [-0.2, 0) is 4.84 Å². The lowest BCUT2D eigenvalue weighted by Gasteiger charge is -2.14. The first-order valence-corrected chi connectivity index (χ1v) is 8.28. The van der Waals surface area contributed by atoms with E-state index in [0.29, 0.717) is 23.7 Å². The summed E-state index contributed by atoms with van der Waals surface area (Å²) in [6.45, 7) is 2.01. The van der Waals surface area contributed by atoms with Gasteiger partial charge < -0.3 is 23.8 Å². The number of oxime groups is 1. The van der Waals surface area contributed by atoms with Crippen molar-refractivity contribution in [1.29, 1.82) is 0 Å². The minimum absolute atomic E-state index is 0.131. The van der Waals surface area contributed by atoms with E-state index in [0.717, 1.165) is 28.2 Å². The van der Waals surface area contributed by atoms with E-state index in [9.17, 15) is 0 Å². The molecule has 1 atom stereocenters. The molecule has 1 aliphatic heterocycles. The quantitative estimate of drug-likeness (QED) is 0.785. The largest absolute Gasteiger partial charge is 0.496 e. The van der Waals surface area contributed by atoms with Gasteiger partial charge in [-0.25, -0.2) is 0 Å². The van der Waals surface area contributed by atoms with Crippen molar-refractivity contribution in [2.24, 2.45) is 5.16 Å². The second-order valence-electron chi connectivity index (χ2n) is 5.98. The Morgan fingerprint density at radius 2 is 1.54 bits per heavy atom. The molecular formula is C20H23NO5. The van der Waals surface area contributed by atoms with Gasteiger partial charge in [0.2, 0.25) is 5.75 Å². The van der Waals surface area contributed by atoms with Gasteiger partial charge in [-0.2, -0.15) is 0 Å². The van der Waals surface area contributed by atoms with E-state index >= 15 is 0 Å². The van der Waals surface area contributed by atoms with Gasteiger partial charge in [-0.05, 0) is 42.3 Å². The van der Waals surface area contributed by atoms with Crippen LogP contribution in [0.5, 0.6) is 23.0 Å². The van der Waals surface area contributed by atoms with Crippen molar-refractivity contribution < 1.29 is 23.8 Å². The Hall–Kier alpha value is -2.89. The fourth-order valence-electron chi connectivity index (χ4n) is 3.08. The van der Waals surface area contributed by atoms with E-state index in [1.54, 1.807) is 28.4 Å². The minimum Gasteiger partial charge on any atom is -0.496 e. The predicted molar refractivity (Wildman–Crippen MR) is 98.8 cm³/mol. The van der Waals surface area contributed by atoms with Crippen molar-refractivity contribution >= 4 is 5.71 Å². The van der Waals surface area contributed by atoms with Crippen LogP contribution in [0.4, 0.5) is 0 Å². The normalized spacial score (nSPS) is 15.9. The summed E-state index contributed by atoms with van der Waals surface area (Å²) in [5, 5.41) is 4.28. The van der Waals surface area contributed by atoms with Crippen LogP contribution in [0.2, 0.25) is 0 Å². The van der Waals surface area contributed by atoms with Crippen LogP contribution in [0, 0.1) is 6.92 Å². The van der Waals surface area contributed by atoms with Crippen LogP contribution >= 0.6 is 0 Å². The molecule has 1 heterocycles. The number of hydrogen-bond donors (Lipinski definition) is 0. The third-order valence-electron chi connectivity index (χ3n) is 4.46. The number of nitrogens with zero attached hydrogens (tertiary/aromatic N) is 1. The minimum atomic E-state index is -0.131. The van der Waals surface area contributed by atoms with E-state index in [1.807, 2.05) is 31.2 Å². The zero-order valence-corrected chi connectivity index (χ0v) is 15.7. The molecule has 138 valence electrons. The molecule has 6 heteroatoms. The number of ether oxygens (including phenoxy) is 4. The highest BCUT2D eigenvalue weighted by Crippen LogP contribution is 2.40. The standard InChI is InChI=1S/C20H23NO5/c1-12-8-13(6-7-16(12)22-2)17-11-15(21-26-17)14-9-18(23-3)20(25-5)19(10-14)24-4/h6-10,17H,11H2,1-5H3. The van der Waals surface area contributed by atoms with Crippen molar-refractivity contribution in [2.45, 2.75) is 19.4 Å². The number of benzene rings is 2. The van der Waals surface area contributed by atoms with Crippen LogP contribution in [0.15, 0.2) is 35.5 Å². The molecule has 0 saturated heterocycles. The van der Waals surface area contributed by atoms with Gasteiger partial charge in [-0.15, -0.1) is 0 Å². The van der Waals surface area contributed by atoms with Crippen molar-refractivity contribution in [3.63, 3.8) is 0 Å². The van der Waals surface area contributed by atoms with Gasteiger partial charge in [-0.1, -0.05) is 11.2 Å². The van der Waals surface area contributed by atoms with Gasteiger partial charge in [0.05, 0.1) is 34.2 Å². The Balaban J connectivity index is 1.85. The van der Waals surface area contributed by atoms with Crippen LogP contribution in [0.3, 0.4) is 0 Å². The van der Waals surface area contributed by atoms with Gasteiger partial charge in [0.1, 0.15) is 5.75 Å². The lowest BCUT2D eigenvalue weighted by molar-refractivity contribution is 0.0856. The fraction of sp³-hybridized carbons (Fsp3) is 0.350. The number of methoxy groups -OCH3 is 4. The Bertz CT molecular complexity index is 806. The van der Waals surface area contributed by atoms with E-state index in [2.05, 4.69) is 11.2 Å². The second kappa shape index (κ2) is 7.56. The van der Waals surface area contributed by atoms with Crippen LogP contribution in [-0.4, -0.2) is 34.2 Å². The molecule has 0 aliphatic carbocycles. The molecule has 0 spiro atoms. The summed E-state index contributed by atoms with van der Waals surface area (Å²) in [5.41, 5.74) is 3.85. The van der Waals surface area contributed by atoms with Gasteiger partial charge in [-0.3, -0.25) is 0 Å². The van der Waals surface area contributed by atoms with Gasteiger partial charge in [0.25, 0.3) is 0 Å². The van der Waals surface area contributed by atoms with Gasteiger partial charge >= 0.3 is 0 Å². The first-order valence-electron chi connectivity index (χ1n) is 8.28. The second-order valence-corrected chi connectivity index (χ2v) is 5.98. The molecule has 6 nitrogen and oxygen atoms in total. The number of hydrogen-bond acceptors (Lipinski definition) is 6. The van der Waals surface area contributed by atoms with Crippen molar-refractivity contribution in [2.75, 3.05) is 28.4 Å². The van der Waals surface area contributed by atoms with Crippen LogP contribution in [0.1, 0.15) is 29.2 Å². The summed E-state index contributed by atoms with van der Waals surface area (Å²) in [6, 6.07) is 9.78. The topological polar surface area (TPSA) is 58.5 Å². The predicted octanol–water partition coefficient (Wildman–Crippen LogP) is 3.90. The maximum absolute atomic E-state index is 5.67. The summed E-state index contributed by atoms with van der Waals surface area (Å²) in [7, 11) is 6.44. The highest BCUT2D eigenvalue weighted by atomic mass is 16.6. The van der Waals surface area contributed by atoms with E-state index in [4.69, 9.17) is 23.8 Å². The molecule has 0 N–H and O–H groups in total. The monoisotopic (exact) mass is 357 g/mol. The third kappa shape index (κ3) is 3.27. The average Bonchev–Trinajstić information content (AvgIpc) is 3.16. The summed E-state index contributed by atoms with van der Waals surface area (Å²) in [6.07, 6.45) is 0.526. The van der Waals surface area contributed by atoms with Crippen molar-refractivity contribution in [3.8, 4) is 23.0 Å². The Kier molecular flexibility index (Phi) is 5.21. The molecular weight excluding hydrogens is 334 g/mol. The lowest BCUT2D eigenvalue weighted by atomic mass is 9.98. The highest BCUT2D eigenvalue weighted by molar-refractivity contribution is 6.02. The zero-order chi connectivity index (χ0) is 18.7. The first kappa shape index (κ1) is 17.9. The van der Waals surface area contributed by atoms with E-state index in [-0.39, 0.29) is 6.10 Å². The molecule has 0 bridgehead atoms. The zero-order valence-electron chi connectivity index (χ0n) is 15.7. The third-order valence-corrected chi connectivity index (χ3v) is 4.46. The number of aryl methyl sites for hydroxylation is 1. The first-order chi connectivity index (χ1) is 12.6. The number of rotatable bonds is 6. The fourth-order valence-corrected chi connectivity index (χ4v) is 3.08. The lowest BCUT2D eigenvalue weighted by Crippen LogP contribution is -2.04. The molecule has 1 aliphatic rings. The summed E-state index contributed by atoms with van der Waals surface area (Å²) < 4.78 is 21.5. The molecule has 0 saturated carbocycles. The van der Waals surface area contributed by atoms with E-state index in [1.165, 1.54) is 0 Å². The van der Waals surface area contributed by atoms with Gasteiger partial charge in [0, 0.05) is 12.0 Å². The average molecular weight is 357 g/mol. The molecule has 3 rings (SSSR count). The molecule has 0 fully saturated rings. The van der Waals surface area contributed by atoms with Gasteiger partial charge in [0.15, 0.2) is 17.6 Å². The molecule has 0 aromatic heterocycles. The molecule has 2 aromatic rings. The molecule has 0 amide bonds. The summed E-state index contributed by atoms with van der Waals surface area (Å²) >= 11 is 0. The Morgan fingerprint density at radius 3 is 2.08 bits per heavy atom. The molecule has 26 heavy (non-hydrogen) atoms. The molecule has 2 aromatic carbocycles. The summed E-state index contributed by atoms with van der Waals surface area (Å²) in [5.74, 6) is 2.60. The van der Waals surface area contributed by atoms with Crippen LogP contribution in [0.25, 0.3) is 0 Å². The summed E-state index contributed by atoms with van der Waals surface area (Å²) in [4.78, 5) is 5.67. The van der Waals surface area contributed by atoms with Crippen molar-refractivity contribution in [1.82, 2.24) is 0 Å². The maximum Gasteiger partial charge on any atom is 0.203 e. The van der Waals surface area contributed by atoms with Crippen LogP contribution < -0.4 is 18.9 Å². The maximum atomic E-state index is 5.67. The van der Waals surface area contributed by atoms with Crippen molar-refractivity contribution in [3.05, 3.63) is 47.0 Å². The molecule has 1 unspecified atom stereocenters. The Labute approximate surface area is 153 Å². The highest BCUT2D eigenvalue weighted by Gasteiger charge is 2.26. The molecule has 0 radical (unpaired) electrons. The van der Waals surface area contributed by atoms with E-state index < -0.39 is 0 Å².